The molecule has 1 aliphatic rings. The van der Waals surface area contributed by atoms with Crippen LogP contribution in [0.2, 0.25) is 0 Å². The topological polar surface area (TPSA) is 205 Å². The Morgan fingerprint density at radius 3 is 2.21 bits per heavy atom. The van der Waals surface area contributed by atoms with Gasteiger partial charge >= 0.3 is 11.9 Å². The highest BCUT2D eigenvalue weighted by Crippen LogP contribution is 2.19. The first-order valence-corrected chi connectivity index (χ1v) is 11.3. The number of hydrogen-bond acceptors (Lipinski definition) is 7. The summed E-state index contributed by atoms with van der Waals surface area (Å²) in [6.45, 7) is 4.32. The Kier molecular flexibility index (Phi) is 11.8. The van der Waals surface area contributed by atoms with Gasteiger partial charge in [0.1, 0.15) is 18.1 Å². The number of nitrogens with zero attached hydrogens (tertiary/aromatic N) is 1. The van der Waals surface area contributed by atoms with E-state index in [1.165, 1.54) is 0 Å². The summed E-state index contributed by atoms with van der Waals surface area (Å²) in [4.78, 5) is 62.2. The van der Waals surface area contributed by atoms with Gasteiger partial charge in [-0.25, -0.2) is 4.79 Å². The molecule has 0 aliphatic carbocycles. The standard InChI is InChI=1S/C21H37N5O7/c1-12(2)10-14(24-18(29)13(23)6-3-4-8-22)19(30)25-15(11-17(27)28)20(31)26-9-5-7-16(26)21(32)33/h12-16H,3-11,22-23H2,1-2H3,(H,24,29)(H,25,30)(H,27,28)(H,32,33). The summed E-state index contributed by atoms with van der Waals surface area (Å²) in [6.07, 6.45) is 2.00. The summed E-state index contributed by atoms with van der Waals surface area (Å²) in [5, 5.41) is 23.6. The third-order valence-corrected chi connectivity index (χ3v) is 5.46. The van der Waals surface area contributed by atoms with E-state index in [4.69, 9.17) is 11.5 Å². The van der Waals surface area contributed by atoms with Gasteiger partial charge in [0.05, 0.1) is 12.5 Å². The van der Waals surface area contributed by atoms with Gasteiger partial charge in [0.25, 0.3) is 0 Å². The van der Waals surface area contributed by atoms with Crippen molar-refractivity contribution in [2.75, 3.05) is 13.1 Å². The lowest BCUT2D eigenvalue weighted by Crippen LogP contribution is -2.57. The van der Waals surface area contributed by atoms with Crippen LogP contribution in [0.1, 0.15) is 58.8 Å². The molecule has 4 atom stereocenters. The number of carbonyl (C=O) groups excluding carboxylic acids is 3. The average Bonchev–Trinajstić information content (AvgIpc) is 3.21. The van der Waals surface area contributed by atoms with Gasteiger partial charge in [-0.05, 0) is 44.6 Å². The van der Waals surface area contributed by atoms with Crippen LogP contribution in [-0.2, 0) is 24.0 Å². The maximum absolute atomic E-state index is 13.0. The van der Waals surface area contributed by atoms with Crippen molar-refractivity contribution in [2.45, 2.75) is 83.0 Å². The second kappa shape index (κ2) is 13.7. The van der Waals surface area contributed by atoms with Gasteiger partial charge < -0.3 is 37.2 Å². The largest absolute Gasteiger partial charge is 0.481 e. The molecule has 1 saturated heterocycles. The number of rotatable bonds is 14. The van der Waals surface area contributed by atoms with Crippen molar-refractivity contribution in [1.29, 1.82) is 0 Å². The zero-order chi connectivity index (χ0) is 25.1. The van der Waals surface area contributed by atoms with Gasteiger partial charge in [0, 0.05) is 6.54 Å². The first-order chi connectivity index (χ1) is 15.5. The molecule has 8 N–H and O–H groups in total. The number of carbonyl (C=O) groups is 5. The van der Waals surface area contributed by atoms with Crippen molar-refractivity contribution >= 4 is 29.7 Å². The Balaban J connectivity index is 2.94. The van der Waals surface area contributed by atoms with Crippen molar-refractivity contribution in [3.8, 4) is 0 Å². The number of likely N-dealkylation sites (tertiary alicyclic amines) is 1. The monoisotopic (exact) mass is 471 g/mol. The van der Waals surface area contributed by atoms with Gasteiger partial charge in [0.2, 0.25) is 17.7 Å². The number of carboxylic acids is 2. The highest BCUT2D eigenvalue weighted by Gasteiger charge is 2.39. The lowest BCUT2D eigenvalue weighted by atomic mass is 10.0. The summed E-state index contributed by atoms with van der Waals surface area (Å²) in [5.41, 5.74) is 11.3. The average molecular weight is 472 g/mol. The minimum Gasteiger partial charge on any atom is -0.481 e. The van der Waals surface area contributed by atoms with Crippen LogP contribution in [0, 0.1) is 5.92 Å². The Morgan fingerprint density at radius 1 is 1.03 bits per heavy atom. The molecule has 0 spiro atoms. The Morgan fingerprint density at radius 2 is 1.67 bits per heavy atom. The Labute approximate surface area is 193 Å². The minimum atomic E-state index is -1.46. The summed E-state index contributed by atoms with van der Waals surface area (Å²) >= 11 is 0. The molecule has 0 aromatic heterocycles. The first kappa shape index (κ1) is 28.3. The minimum absolute atomic E-state index is 0.00175. The van der Waals surface area contributed by atoms with E-state index in [-0.39, 0.29) is 25.3 Å². The summed E-state index contributed by atoms with van der Waals surface area (Å²) in [5.74, 6) is -4.54. The third kappa shape index (κ3) is 9.34. The normalized spacial score (nSPS) is 18.5. The van der Waals surface area contributed by atoms with Gasteiger partial charge in [-0.2, -0.15) is 0 Å². The molecule has 0 aromatic carbocycles. The van der Waals surface area contributed by atoms with Gasteiger partial charge in [-0.15, -0.1) is 0 Å². The van der Waals surface area contributed by atoms with Crippen LogP contribution >= 0.6 is 0 Å². The fraction of sp³-hybridized carbons (Fsp3) is 0.762. The van der Waals surface area contributed by atoms with Crippen LogP contribution < -0.4 is 22.1 Å². The van der Waals surface area contributed by atoms with E-state index in [2.05, 4.69) is 10.6 Å². The molecule has 3 amide bonds. The SMILES string of the molecule is CC(C)CC(NC(=O)C(N)CCCCN)C(=O)NC(CC(=O)O)C(=O)N1CCCC1C(=O)O. The number of carboxylic acid groups (broad SMARTS) is 2. The molecular formula is C21H37N5O7. The molecule has 0 radical (unpaired) electrons. The van der Waals surface area contributed by atoms with E-state index in [0.29, 0.717) is 32.2 Å². The fourth-order valence-electron chi connectivity index (χ4n) is 3.76. The molecule has 33 heavy (non-hydrogen) atoms. The number of nitrogens with one attached hydrogen (secondary N) is 2. The lowest BCUT2D eigenvalue weighted by Gasteiger charge is -2.28. The highest BCUT2D eigenvalue weighted by atomic mass is 16.4. The molecule has 12 nitrogen and oxygen atoms in total. The van der Waals surface area contributed by atoms with Crippen LogP contribution in [0.5, 0.6) is 0 Å². The number of unbranched alkanes of at least 4 members (excludes halogenated alkanes) is 1. The fourth-order valence-corrected chi connectivity index (χ4v) is 3.76. The quantitative estimate of drug-likeness (QED) is 0.172. The first-order valence-electron chi connectivity index (χ1n) is 11.3. The van der Waals surface area contributed by atoms with Crippen molar-refractivity contribution < 1.29 is 34.2 Å². The smallest absolute Gasteiger partial charge is 0.326 e. The summed E-state index contributed by atoms with van der Waals surface area (Å²) < 4.78 is 0. The van der Waals surface area contributed by atoms with Gasteiger partial charge in [0.15, 0.2) is 0 Å². The van der Waals surface area contributed by atoms with Crippen molar-refractivity contribution in [2.24, 2.45) is 17.4 Å². The summed E-state index contributed by atoms with van der Waals surface area (Å²) in [6, 6.07) is -4.39. The van der Waals surface area contributed by atoms with Gasteiger partial charge in [-0.3, -0.25) is 19.2 Å². The maximum Gasteiger partial charge on any atom is 0.326 e. The van der Waals surface area contributed by atoms with E-state index in [0.717, 1.165) is 4.90 Å². The van der Waals surface area contributed by atoms with E-state index in [1.54, 1.807) is 0 Å². The lowest BCUT2D eigenvalue weighted by molar-refractivity contribution is -0.150. The second-order valence-electron chi connectivity index (χ2n) is 8.77. The molecule has 0 saturated carbocycles. The van der Waals surface area contributed by atoms with E-state index in [1.807, 2.05) is 13.8 Å². The highest BCUT2D eigenvalue weighted by molar-refractivity contribution is 5.95. The van der Waals surface area contributed by atoms with Crippen molar-refractivity contribution in [3.63, 3.8) is 0 Å². The number of aliphatic carboxylic acids is 2. The van der Waals surface area contributed by atoms with Crippen molar-refractivity contribution in [1.82, 2.24) is 15.5 Å². The molecule has 4 unspecified atom stereocenters. The van der Waals surface area contributed by atoms with E-state index < -0.39 is 60.2 Å². The molecule has 188 valence electrons. The van der Waals surface area contributed by atoms with Crippen molar-refractivity contribution in [3.05, 3.63) is 0 Å². The maximum atomic E-state index is 13.0. The summed E-state index contributed by atoms with van der Waals surface area (Å²) in [7, 11) is 0. The molecule has 0 aromatic rings. The molecule has 0 bridgehead atoms. The number of amides is 3. The van der Waals surface area contributed by atoms with Crippen LogP contribution in [0.3, 0.4) is 0 Å². The molecular weight excluding hydrogens is 434 g/mol. The Bertz CT molecular complexity index is 715. The van der Waals surface area contributed by atoms with Crippen LogP contribution in [0.15, 0.2) is 0 Å². The Hall–Kier alpha value is -2.73. The predicted octanol–water partition coefficient (Wildman–Crippen LogP) is -0.991. The number of hydrogen-bond donors (Lipinski definition) is 6. The van der Waals surface area contributed by atoms with E-state index in [9.17, 15) is 34.2 Å². The van der Waals surface area contributed by atoms with Crippen LogP contribution in [0.25, 0.3) is 0 Å². The van der Waals surface area contributed by atoms with Gasteiger partial charge in [-0.1, -0.05) is 20.3 Å². The third-order valence-electron chi connectivity index (χ3n) is 5.46. The molecule has 1 rings (SSSR count). The van der Waals surface area contributed by atoms with Crippen LogP contribution in [-0.4, -0.2) is 82.0 Å². The zero-order valence-corrected chi connectivity index (χ0v) is 19.3. The predicted molar refractivity (Wildman–Crippen MR) is 119 cm³/mol. The molecule has 12 heteroatoms. The molecule has 1 aliphatic heterocycles. The molecule has 1 fully saturated rings. The second-order valence-corrected chi connectivity index (χ2v) is 8.77. The van der Waals surface area contributed by atoms with E-state index >= 15 is 0 Å². The zero-order valence-electron chi connectivity index (χ0n) is 19.3. The van der Waals surface area contributed by atoms with Crippen LogP contribution in [0.4, 0.5) is 0 Å². The number of nitrogens with two attached hydrogens (primary N) is 2. The molecule has 1 heterocycles.